The van der Waals surface area contributed by atoms with Crippen molar-refractivity contribution in [1.82, 2.24) is 0 Å². The first kappa shape index (κ1) is 19.1. The maximum atomic E-state index is 14.5. The van der Waals surface area contributed by atoms with E-state index in [1.807, 2.05) is 97.1 Å². The molecule has 2 aliphatic rings. The smallest absolute Gasteiger partial charge is 0.253 e. The molecular weight excluding hydrogens is 422 g/mol. The highest BCUT2D eigenvalue weighted by molar-refractivity contribution is 6.26. The van der Waals surface area contributed by atoms with Gasteiger partial charge in [0.05, 0.1) is 5.69 Å². The van der Waals surface area contributed by atoms with Crippen LogP contribution in [0.1, 0.15) is 23.6 Å². The predicted molar refractivity (Wildman–Crippen MR) is 132 cm³/mol. The van der Waals surface area contributed by atoms with E-state index in [9.17, 15) is 9.59 Å². The number of para-hydroxylation sites is 1. The van der Waals surface area contributed by atoms with Crippen LogP contribution in [0.5, 0.6) is 11.5 Å². The molecule has 5 aromatic carbocycles. The molecule has 1 spiro atoms. The molecule has 0 aliphatic carbocycles. The molecule has 4 heteroatoms. The van der Waals surface area contributed by atoms with Gasteiger partial charge in [-0.1, -0.05) is 84.9 Å². The fourth-order valence-corrected chi connectivity index (χ4v) is 5.81. The van der Waals surface area contributed by atoms with E-state index in [0.717, 1.165) is 38.2 Å². The second-order valence-electron chi connectivity index (χ2n) is 8.85. The van der Waals surface area contributed by atoms with Crippen LogP contribution < -0.4 is 9.64 Å². The average molecular weight is 441 g/mol. The Morgan fingerprint density at radius 2 is 1.38 bits per heavy atom. The molecule has 0 unspecified atom stereocenters. The number of ether oxygens (including phenoxy) is 1. The number of benzene rings is 5. The lowest BCUT2D eigenvalue weighted by molar-refractivity contribution is -0.126. The molecule has 4 nitrogen and oxygen atoms in total. The van der Waals surface area contributed by atoms with Gasteiger partial charge < -0.3 is 4.74 Å². The number of anilines is 1. The lowest BCUT2D eigenvalue weighted by Gasteiger charge is -2.37. The Hall–Kier alpha value is -4.44. The van der Waals surface area contributed by atoms with Crippen LogP contribution in [0.3, 0.4) is 0 Å². The molecule has 0 bridgehead atoms. The first-order chi connectivity index (χ1) is 16.6. The zero-order valence-corrected chi connectivity index (χ0v) is 18.4. The van der Waals surface area contributed by atoms with E-state index in [0.29, 0.717) is 17.2 Å². The average Bonchev–Trinajstić information content (AvgIpc) is 3.12. The van der Waals surface area contributed by atoms with E-state index >= 15 is 0 Å². The largest absolute Gasteiger partial charge is 0.456 e. The first-order valence-electron chi connectivity index (χ1n) is 11.3. The normalized spacial score (nSPS) is 18.0. The van der Waals surface area contributed by atoms with Gasteiger partial charge in [-0.15, -0.1) is 0 Å². The van der Waals surface area contributed by atoms with Crippen LogP contribution in [-0.4, -0.2) is 11.8 Å². The van der Waals surface area contributed by atoms with Gasteiger partial charge in [0.15, 0.2) is 0 Å². The number of hydrogen-bond acceptors (Lipinski definition) is 3. The van der Waals surface area contributed by atoms with Crippen LogP contribution >= 0.6 is 0 Å². The zero-order valence-electron chi connectivity index (χ0n) is 18.4. The van der Waals surface area contributed by atoms with Crippen molar-refractivity contribution in [1.29, 1.82) is 0 Å². The molecule has 0 saturated carbocycles. The Morgan fingerprint density at radius 3 is 2.18 bits per heavy atom. The van der Waals surface area contributed by atoms with Crippen molar-refractivity contribution in [2.45, 2.75) is 12.3 Å². The molecule has 162 valence electrons. The van der Waals surface area contributed by atoms with Crippen molar-refractivity contribution in [3.8, 4) is 11.5 Å². The molecule has 2 aliphatic heterocycles. The van der Waals surface area contributed by atoms with E-state index in [1.165, 1.54) is 11.8 Å². The molecular formula is C30H19NO3. The third-order valence-electron chi connectivity index (χ3n) is 7.15. The third-order valence-corrected chi connectivity index (χ3v) is 7.15. The molecule has 0 fully saturated rings. The molecule has 2 amide bonds. The Morgan fingerprint density at radius 1 is 0.735 bits per heavy atom. The Balaban J connectivity index is 1.72. The molecule has 2 heterocycles. The van der Waals surface area contributed by atoms with E-state index in [-0.39, 0.29) is 11.8 Å². The Kier molecular flexibility index (Phi) is 3.67. The monoisotopic (exact) mass is 441 g/mol. The van der Waals surface area contributed by atoms with E-state index < -0.39 is 5.41 Å². The summed E-state index contributed by atoms with van der Waals surface area (Å²) in [5, 5.41) is 3.92. The Labute approximate surface area is 196 Å². The molecule has 1 atom stereocenters. The van der Waals surface area contributed by atoms with Crippen molar-refractivity contribution >= 4 is 39.0 Å². The summed E-state index contributed by atoms with van der Waals surface area (Å²) in [6.45, 7) is 1.44. The maximum Gasteiger partial charge on any atom is 0.253 e. The van der Waals surface area contributed by atoms with Gasteiger partial charge in [-0.3, -0.25) is 9.59 Å². The zero-order chi connectivity index (χ0) is 23.0. The van der Waals surface area contributed by atoms with Crippen molar-refractivity contribution in [2.24, 2.45) is 0 Å². The van der Waals surface area contributed by atoms with Gasteiger partial charge in [0.2, 0.25) is 5.91 Å². The van der Waals surface area contributed by atoms with Crippen LogP contribution in [0.25, 0.3) is 21.5 Å². The molecule has 7 rings (SSSR count). The molecule has 0 aromatic heterocycles. The van der Waals surface area contributed by atoms with Gasteiger partial charge in [-0.2, -0.15) is 0 Å². The van der Waals surface area contributed by atoms with E-state index in [1.54, 1.807) is 0 Å². The fourth-order valence-electron chi connectivity index (χ4n) is 5.81. The van der Waals surface area contributed by atoms with E-state index in [4.69, 9.17) is 4.74 Å². The summed E-state index contributed by atoms with van der Waals surface area (Å²) in [5.74, 6) is 0.731. The fraction of sp³-hybridized carbons (Fsp3) is 0.0667. The minimum atomic E-state index is -1.20. The van der Waals surface area contributed by atoms with Crippen LogP contribution in [0.2, 0.25) is 0 Å². The van der Waals surface area contributed by atoms with Crippen LogP contribution in [0.4, 0.5) is 5.69 Å². The molecule has 0 radical (unpaired) electrons. The highest BCUT2D eigenvalue weighted by Gasteiger charge is 2.59. The number of carbonyl (C=O) groups is 2. The van der Waals surface area contributed by atoms with Gasteiger partial charge in [0.25, 0.3) is 5.91 Å². The van der Waals surface area contributed by atoms with Gasteiger partial charge in [0, 0.05) is 29.0 Å². The SMILES string of the molecule is CC(=O)N1C(=O)[C@@]2(c3ccccc31)c1ccc3ccccc3c1Oc1ccc3ccccc3c12. The number of hydrogen-bond donors (Lipinski definition) is 0. The predicted octanol–water partition coefficient (Wildman–Crippen LogP) is 6.33. The number of amides is 2. The summed E-state index contributed by atoms with van der Waals surface area (Å²) in [6.07, 6.45) is 0. The summed E-state index contributed by atoms with van der Waals surface area (Å²) in [4.78, 5) is 28.7. The lowest BCUT2D eigenvalue weighted by atomic mass is 9.66. The molecule has 0 N–H and O–H groups in total. The molecule has 34 heavy (non-hydrogen) atoms. The summed E-state index contributed by atoms with van der Waals surface area (Å²) in [6, 6.07) is 31.6. The van der Waals surface area contributed by atoms with Crippen molar-refractivity contribution < 1.29 is 14.3 Å². The maximum absolute atomic E-state index is 14.5. The van der Waals surface area contributed by atoms with Crippen molar-refractivity contribution in [3.63, 3.8) is 0 Å². The minimum Gasteiger partial charge on any atom is -0.456 e. The van der Waals surface area contributed by atoms with Gasteiger partial charge in [0.1, 0.15) is 16.9 Å². The minimum absolute atomic E-state index is 0.265. The third kappa shape index (κ3) is 2.17. The topological polar surface area (TPSA) is 46.6 Å². The number of rotatable bonds is 0. The summed E-state index contributed by atoms with van der Waals surface area (Å²) in [5.41, 5.74) is 1.77. The first-order valence-corrected chi connectivity index (χ1v) is 11.3. The summed E-state index contributed by atoms with van der Waals surface area (Å²) < 4.78 is 6.59. The highest BCUT2D eigenvalue weighted by atomic mass is 16.5. The van der Waals surface area contributed by atoms with Crippen LogP contribution in [-0.2, 0) is 15.0 Å². The quantitative estimate of drug-likeness (QED) is 0.282. The van der Waals surface area contributed by atoms with Crippen LogP contribution in [0.15, 0.2) is 97.1 Å². The van der Waals surface area contributed by atoms with Gasteiger partial charge in [-0.25, -0.2) is 4.90 Å². The van der Waals surface area contributed by atoms with Crippen LogP contribution in [0, 0.1) is 0 Å². The molecule has 5 aromatic rings. The van der Waals surface area contributed by atoms with Crippen molar-refractivity contribution in [3.05, 3.63) is 114 Å². The van der Waals surface area contributed by atoms with Crippen molar-refractivity contribution in [2.75, 3.05) is 4.90 Å². The van der Waals surface area contributed by atoms with E-state index in [2.05, 4.69) is 0 Å². The molecule has 0 saturated heterocycles. The standard InChI is InChI=1S/C30H19NO3/c1-18(32)31-25-13-7-6-12-23(25)30(29(31)33)24-16-14-20-9-3-5-11-22(20)28(24)34-26-17-15-19-8-2-4-10-21(19)27(26)30/h2-17H,1H3/t30-/m0/s1. The second kappa shape index (κ2) is 6.55. The number of nitrogens with zero attached hydrogens (tertiary/aromatic N) is 1. The second-order valence-corrected chi connectivity index (χ2v) is 8.85. The summed E-state index contributed by atoms with van der Waals surface area (Å²) >= 11 is 0. The van der Waals surface area contributed by atoms with Gasteiger partial charge >= 0.3 is 0 Å². The highest BCUT2D eigenvalue weighted by Crippen LogP contribution is 2.60. The number of fused-ring (bicyclic) bond motifs is 10. The Bertz CT molecular complexity index is 1700. The number of carbonyl (C=O) groups excluding carboxylic acids is 2. The summed E-state index contributed by atoms with van der Waals surface area (Å²) in [7, 11) is 0. The number of imide groups is 1. The van der Waals surface area contributed by atoms with Gasteiger partial charge in [-0.05, 0) is 28.3 Å². The lowest BCUT2D eigenvalue weighted by Crippen LogP contribution is -2.45.